The maximum Gasteiger partial charge on any atom is 0.253 e. The number of ether oxygens (including phenoxy) is 1. The molecule has 0 aliphatic carbocycles. The van der Waals surface area contributed by atoms with Gasteiger partial charge in [-0.15, -0.1) is 0 Å². The molecule has 2 aromatic rings. The Kier molecular flexibility index (Phi) is 5.96. The van der Waals surface area contributed by atoms with Crippen LogP contribution in [0.5, 0.6) is 0 Å². The summed E-state index contributed by atoms with van der Waals surface area (Å²) in [6.45, 7) is 3.85. The van der Waals surface area contributed by atoms with Crippen molar-refractivity contribution >= 4 is 11.6 Å². The van der Waals surface area contributed by atoms with Crippen molar-refractivity contribution in [3.63, 3.8) is 0 Å². The van der Waals surface area contributed by atoms with E-state index in [2.05, 4.69) is 41.3 Å². The minimum atomic E-state index is 0.109. The van der Waals surface area contributed by atoms with Crippen LogP contribution in [0.4, 0.5) is 5.69 Å². The predicted molar refractivity (Wildman–Crippen MR) is 113 cm³/mol. The number of piperidine rings is 1. The number of carbonyl (C=O) groups is 1. The highest BCUT2D eigenvalue weighted by Crippen LogP contribution is 2.33. The van der Waals surface area contributed by atoms with Crippen LogP contribution in [0.3, 0.4) is 0 Å². The molecule has 4 nitrogen and oxygen atoms in total. The zero-order chi connectivity index (χ0) is 19.3. The Morgan fingerprint density at radius 1 is 0.929 bits per heavy atom. The second-order valence-electron chi connectivity index (χ2n) is 7.94. The van der Waals surface area contributed by atoms with Crippen LogP contribution in [0.1, 0.15) is 47.7 Å². The first-order valence-corrected chi connectivity index (χ1v) is 10.5. The molecule has 2 aromatic carbocycles. The molecule has 2 fully saturated rings. The molecule has 148 valence electrons. The molecule has 28 heavy (non-hydrogen) atoms. The topological polar surface area (TPSA) is 32.8 Å². The summed E-state index contributed by atoms with van der Waals surface area (Å²) in [4.78, 5) is 17.3. The van der Waals surface area contributed by atoms with Crippen LogP contribution in [0.15, 0.2) is 54.6 Å². The predicted octanol–water partition coefficient (Wildman–Crippen LogP) is 4.53. The third-order valence-electron chi connectivity index (χ3n) is 6.22. The monoisotopic (exact) mass is 378 g/mol. The molecule has 0 radical (unpaired) electrons. The number of anilines is 1. The Morgan fingerprint density at radius 2 is 1.57 bits per heavy atom. The van der Waals surface area contributed by atoms with Gasteiger partial charge in [0.2, 0.25) is 0 Å². The van der Waals surface area contributed by atoms with Gasteiger partial charge in [-0.3, -0.25) is 4.79 Å². The average Bonchev–Trinajstić information content (AvgIpc) is 3.30. The second kappa shape index (κ2) is 8.78. The third-order valence-corrected chi connectivity index (χ3v) is 6.22. The van der Waals surface area contributed by atoms with Gasteiger partial charge in [-0.2, -0.15) is 0 Å². The molecule has 0 aromatic heterocycles. The number of hydrogen-bond acceptors (Lipinski definition) is 3. The molecule has 4 heteroatoms. The molecular formula is C24H30N2O2. The number of hydrogen-bond donors (Lipinski definition) is 0. The van der Waals surface area contributed by atoms with Gasteiger partial charge in [-0.05, 0) is 61.4 Å². The van der Waals surface area contributed by atoms with Gasteiger partial charge < -0.3 is 14.5 Å². The molecule has 2 aliphatic rings. The summed E-state index contributed by atoms with van der Waals surface area (Å²) < 4.78 is 5.81. The van der Waals surface area contributed by atoms with E-state index >= 15 is 0 Å². The van der Waals surface area contributed by atoms with Crippen molar-refractivity contribution in [2.45, 2.75) is 31.8 Å². The minimum Gasteiger partial charge on any atom is -0.376 e. The molecule has 2 saturated heterocycles. The van der Waals surface area contributed by atoms with Crippen molar-refractivity contribution in [2.75, 3.05) is 38.2 Å². The number of methoxy groups -OCH3 is 1. The Balaban J connectivity index is 1.36. The Bertz CT molecular complexity index is 761. The number of nitrogens with zero attached hydrogens (tertiary/aromatic N) is 2. The Morgan fingerprint density at radius 3 is 2.18 bits per heavy atom. The molecule has 4 rings (SSSR count). The van der Waals surface area contributed by atoms with Crippen LogP contribution in [0.2, 0.25) is 0 Å². The van der Waals surface area contributed by atoms with E-state index in [4.69, 9.17) is 4.74 Å². The average molecular weight is 379 g/mol. The summed E-state index contributed by atoms with van der Waals surface area (Å²) in [5.74, 6) is 0.606. The summed E-state index contributed by atoms with van der Waals surface area (Å²) in [5, 5.41) is 0. The Hall–Kier alpha value is -2.33. The molecule has 2 heterocycles. The zero-order valence-corrected chi connectivity index (χ0v) is 16.7. The van der Waals surface area contributed by atoms with Gasteiger partial charge in [0, 0.05) is 44.5 Å². The fourth-order valence-corrected chi connectivity index (χ4v) is 4.62. The first-order chi connectivity index (χ1) is 13.8. The molecule has 2 aliphatic heterocycles. The van der Waals surface area contributed by atoms with Crippen LogP contribution >= 0.6 is 0 Å². The molecular weight excluding hydrogens is 348 g/mol. The number of benzene rings is 2. The fraction of sp³-hybridized carbons (Fsp3) is 0.458. The lowest BCUT2D eigenvalue weighted by Crippen LogP contribution is -2.40. The van der Waals surface area contributed by atoms with Gasteiger partial charge in [0.25, 0.3) is 5.91 Å². The van der Waals surface area contributed by atoms with E-state index < -0.39 is 0 Å². The van der Waals surface area contributed by atoms with Crippen molar-refractivity contribution in [2.24, 2.45) is 5.92 Å². The highest BCUT2D eigenvalue weighted by Gasteiger charge is 2.29. The highest BCUT2D eigenvalue weighted by molar-refractivity contribution is 5.94. The van der Waals surface area contributed by atoms with E-state index in [9.17, 15) is 4.79 Å². The normalized spacial score (nSPS) is 19.0. The summed E-state index contributed by atoms with van der Waals surface area (Å²) in [5.41, 5.74) is 3.26. The molecule has 1 unspecified atom stereocenters. The molecule has 1 amide bonds. The van der Waals surface area contributed by atoms with Crippen molar-refractivity contribution < 1.29 is 9.53 Å². The van der Waals surface area contributed by atoms with Gasteiger partial charge in [0.05, 0.1) is 6.10 Å². The Labute approximate surface area is 168 Å². The van der Waals surface area contributed by atoms with E-state index in [1.807, 2.05) is 23.1 Å². The van der Waals surface area contributed by atoms with E-state index in [0.717, 1.165) is 44.6 Å². The van der Waals surface area contributed by atoms with Crippen LogP contribution in [-0.4, -0.2) is 44.1 Å². The largest absolute Gasteiger partial charge is 0.376 e. The zero-order valence-electron chi connectivity index (χ0n) is 16.7. The number of carbonyl (C=O) groups excluding carboxylic acids is 1. The summed E-state index contributed by atoms with van der Waals surface area (Å²) in [6.07, 6.45) is 4.59. The summed E-state index contributed by atoms with van der Waals surface area (Å²) in [7, 11) is 1.79. The molecule has 1 atom stereocenters. The first-order valence-electron chi connectivity index (χ1n) is 10.5. The van der Waals surface area contributed by atoms with Gasteiger partial charge in [0.15, 0.2) is 0 Å². The lowest BCUT2D eigenvalue weighted by Gasteiger charge is -2.35. The molecule has 0 N–H and O–H groups in total. The van der Waals surface area contributed by atoms with Crippen molar-refractivity contribution in [1.29, 1.82) is 0 Å². The van der Waals surface area contributed by atoms with Gasteiger partial charge >= 0.3 is 0 Å². The van der Waals surface area contributed by atoms with Crippen LogP contribution in [0.25, 0.3) is 0 Å². The summed E-state index contributed by atoms with van der Waals surface area (Å²) in [6, 6.07) is 18.6. The van der Waals surface area contributed by atoms with Gasteiger partial charge in [-0.1, -0.05) is 30.3 Å². The van der Waals surface area contributed by atoms with Crippen molar-refractivity contribution in [3.8, 4) is 0 Å². The first kappa shape index (κ1) is 19.0. The van der Waals surface area contributed by atoms with Crippen LogP contribution in [0, 0.1) is 5.92 Å². The fourth-order valence-electron chi connectivity index (χ4n) is 4.62. The van der Waals surface area contributed by atoms with E-state index in [-0.39, 0.29) is 12.0 Å². The van der Waals surface area contributed by atoms with Crippen molar-refractivity contribution in [3.05, 3.63) is 65.7 Å². The second-order valence-corrected chi connectivity index (χ2v) is 7.94. The quantitative estimate of drug-likeness (QED) is 0.766. The standard InChI is InChI=1S/C24H30N2O2/c1-28-23(19-7-3-2-4-8-19)20-13-17-26(18-14-20)24(27)21-9-11-22(12-10-21)25-15-5-6-16-25/h2-4,7-12,20,23H,5-6,13-18H2,1H3. The van der Waals surface area contributed by atoms with Crippen LogP contribution in [-0.2, 0) is 4.74 Å². The smallest absolute Gasteiger partial charge is 0.253 e. The molecule has 0 saturated carbocycles. The summed E-state index contributed by atoms with van der Waals surface area (Å²) >= 11 is 0. The van der Waals surface area contributed by atoms with E-state index in [0.29, 0.717) is 5.92 Å². The molecule has 0 spiro atoms. The number of likely N-dealkylation sites (tertiary alicyclic amines) is 1. The molecule has 0 bridgehead atoms. The third kappa shape index (κ3) is 4.07. The van der Waals surface area contributed by atoms with Gasteiger partial charge in [-0.25, -0.2) is 0 Å². The number of rotatable bonds is 5. The van der Waals surface area contributed by atoms with E-state index in [1.54, 1.807) is 7.11 Å². The van der Waals surface area contributed by atoms with Gasteiger partial charge in [0.1, 0.15) is 0 Å². The number of amides is 1. The van der Waals surface area contributed by atoms with Crippen molar-refractivity contribution in [1.82, 2.24) is 4.90 Å². The SMILES string of the molecule is COC(c1ccccc1)C1CCN(C(=O)c2ccc(N3CCCC3)cc2)CC1. The maximum absolute atomic E-state index is 12.9. The lowest BCUT2D eigenvalue weighted by molar-refractivity contribution is 0.0195. The van der Waals surface area contributed by atoms with Crippen LogP contribution < -0.4 is 4.90 Å². The lowest BCUT2D eigenvalue weighted by atomic mass is 9.87. The highest BCUT2D eigenvalue weighted by atomic mass is 16.5. The van der Waals surface area contributed by atoms with E-state index in [1.165, 1.54) is 24.1 Å². The maximum atomic E-state index is 12.9. The minimum absolute atomic E-state index is 0.109.